The molecule has 28 heavy (non-hydrogen) atoms. The molecule has 1 heterocycles. The standard InChI is InChI=1S/C21H24N2O4S/c1-2-28(26,27)17-12-10-16(11-13-17)20(24)22-19-9-5-4-8-18(19)21(25)23-14-6-3-7-15-23/h4-5,8-13H,2-3,6-7,14-15H2,1H3,(H,22,24). The van der Waals surface area contributed by atoms with Crippen LogP contribution < -0.4 is 5.32 Å². The van der Waals surface area contributed by atoms with Gasteiger partial charge in [-0.25, -0.2) is 8.42 Å². The lowest BCUT2D eigenvalue weighted by Crippen LogP contribution is -2.36. The van der Waals surface area contributed by atoms with E-state index in [1.807, 2.05) is 4.90 Å². The fraction of sp³-hybridized carbons (Fsp3) is 0.333. The summed E-state index contributed by atoms with van der Waals surface area (Å²) in [6.07, 6.45) is 3.12. The van der Waals surface area contributed by atoms with E-state index in [0.717, 1.165) is 32.4 Å². The van der Waals surface area contributed by atoms with Crippen molar-refractivity contribution in [3.63, 3.8) is 0 Å². The molecule has 0 unspecified atom stereocenters. The maximum absolute atomic E-state index is 12.8. The minimum absolute atomic E-state index is 0.00449. The van der Waals surface area contributed by atoms with E-state index in [4.69, 9.17) is 0 Å². The fourth-order valence-corrected chi connectivity index (χ4v) is 4.10. The van der Waals surface area contributed by atoms with Gasteiger partial charge in [0.15, 0.2) is 9.84 Å². The number of para-hydroxylation sites is 1. The lowest BCUT2D eigenvalue weighted by atomic mass is 10.1. The van der Waals surface area contributed by atoms with Crippen LogP contribution in [0.1, 0.15) is 46.9 Å². The zero-order valence-corrected chi connectivity index (χ0v) is 16.7. The molecule has 1 aliphatic heterocycles. The molecule has 148 valence electrons. The molecular weight excluding hydrogens is 376 g/mol. The monoisotopic (exact) mass is 400 g/mol. The van der Waals surface area contributed by atoms with Gasteiger partial charge in [0.1, 0.15) is 0 Å². The Labute approximate surface area is 165 Å². The molecule has 0 radical (unpaired) electrons. The zero-order chi connectivity index (χ0) is 20.1. The lowest BCUT2D eigenvalue weighted by molar-refractivity contribution is 0.0725. The number of carbonyl (C=O) groups excluding carboxylic acids is 2. The molecule has 7 heteroatoms. The van der Waals surface area contributed by atoms with Gasteiger partial charge in [0.05, 0.1) is 21.9 Å². The van der Waals surface area contributed by atoms with Crippen LogP contribution in [-0.4, -0.2) is 44.0 Å². The van der Waals surface area contributed by atoms with Crippen molar-refractivity contribution < 1.29 is 18.0 Å². The quantitative estimate of drug-likeness (QED) is 0.834. The fourth-order valence-electron chi connectivity index (χ4n) is 3.22. The molecule has 2 aromatic rings. The summed E-state index contributed by atoms with van der Waals surface area (Å²) in [7, 11) is -3.31. The molecule has 2 amide bonds. The summed E-state index contributed by atoms with van der Waals surface area (Å²) in [6, 6.07) is 12.8. The summed E-state index contributed by atoms with van der Waals surface area (Å²) in [5, 5.41) is 2.78. The maximum atomic E-state index is 12.8. The minimum atomic E-state index is -3.31. The largest absolute Gasteiger partial charge is 0.339 e. The van der Waals surface area contributed by atoms with Gasteiger partial charge in [-0.05, 0) is 55.7 Å². The van der Waals surface area contributed by atoms with Crippen molar-refractivity contribution in [2.24, 2.45) is 0 Å². The van der Waals surface area contributed by atoms with Crippen LogP contribution in [0.15, 0.2) is 53.4 Å². The van der Waals surface area contributed by atoms with Crippen LogP contribution in [0.4, 0.5) is 5.69 Å². The van der Waals surface area contributed by atoms with E-state index in [-0.39, 0.29) is 22.5 Å². The second-order valence-electron chi connectivity index (χ2n) is 6.78. The summed E-state index contributed by atoms with van der Waals surface area (Å²) in [5.41, 5.74) is 1.24. The molecule has 6 nitrogen and oxygen atoms in total. The number of hydrogen-bond acceptors (Lipinski definition) is 4. The topological polar surface area (TPSA) is 83.5 Å². The van der Waals surface area contributed by atoms with E-state index < -0.39 is 9.84 Å². The summed E-state index contributed by atoms with van der Waals surface area (Å²) < 4.78 is 23.8. The van der Waals surface area contributed by atoms with Gasteiger partial charge in [-0.2, -0.15) is 0 Å². The number of likely N-dealkylation sites (tertiary alicyclic amines) is 1. The average molecular weight is 401 g/mol. The first-order valence-electron chi connectivity index (χ1n) is 9.45. The van der Waals surface area contributed by atoms with Crippen LogP contribution >= 0.6 is 0 Å². The molecule has 1 saturated heterocycles. The number of nitrogens with one attached hydrogen (secondary N) is 1. The highest BCUT2D eigenvalue weighted by Crippen LogP contribution is 2.21. The third-order valence-electron chi connectivity index (χ3n) is 4.90. The summed E-state index contributed by atoms with van der Waals surface area (Å²) >= 11 is 0. The molecular formula is C21H24N2O4S. The summed E-state index contributed by atoms with van der Waals surface area (Å²) in [4.78, 5) is 27.5. The van der Waals surface area contributed by atoms with Crippen molar-refractivity contribution in [2.75, 3.05) is 24.2 Å². The third-order valence-corrected chi connectivity index (χ3v) is 6.66. The summed E-state index contributed by atoms with van der Waals surface area (Å²) in [5.74, 6) is -0.468. The van der Waals surface area contributed by atoms with Crippen molar-refractivity contribution in [1.82, 2.24) is 4.90 Å². The zero-order valence-electron chi connectivity index (χ0n) is 15.8. The first-order valence-corrected chi connectivity index (χ1v) is 11.1. The van der Waals surface area contributed by atoms with E-state index >= 15 is 0 Å². The highest BCUT2D eigenvalue weighted by Gasteiger charge is 2.21. The SMILES string of the molecule is CCS(=O)(=O)c1ccc(C(=O)Nc2ccccc2C(=O)N2CCCCC2)cc1. The molecule has 0 spiro atoms. The molecule has 1 fully saturated rings. The van der Waals surface area contributed by atoms with Crippen molar-refractivity contribution >= 4 is 27.3 Å². The first-order chi connectivity index (χ1) is 13.4. The number of carbonyl (C=O) groups is 2. The number of amides is 2. The van der Waals surface area contributed by atoms with Gasteiger partial charge in [0.25, 0.3) is 11.8 Å². The second kappa shape index (κ2) is 8.56. The van der Waals surface area contributed by atoms with Crippen LogP contribution in [-0.2, 0) is 9.84 Å². The Bertz CT molecular complexity index is 962. The van der Waals surface area contributed by atoms with E-state index in [9.17, 15) is 18.0 Å². The van der Waals surface area contributed by atoms with E-state index in [1.54, 1.807) is 31.2 Å². The molecule has 2 aromatic carbocycles. The van der Waals surface area contributed by atoms with Crippen molar-refractivity contribution in [1.29, 1.82) is 0 Å². The van der Waals surface area contributed by atoms with Gasteiger partial charge in [-0.1, -0.05) is 19.1 Å². The highest BCUT2D eigenvalue weighted by molar-refractivity contribution is 7.91. The van der Waals surface area contributed by atoms with Gasteiger partial charge in [-0.15, -0.1) is 0 Å². The minimum Gasteiger partial charge on any atom is -0.339 e. The smallest absolute Gasteiger partial charge is 0.255 e. The summed E-state index contributed by atoms with van der Waals surface area (Å²) in [6.45, 7) is 3.04. The molecule has 1 aliphatic rings. The predicted octanol–water partition coefficient (Wildman–Crippen LogP) is 3.36. The van der Waals surface area contributed by atoms with E-state index in [1.165, 1.54) is 24.3 Å². The van der Waals surface area contributed by atoms with Gasteiger partial charge in [-0.3, -0.25) is 9.59 Å². The van der Waals surface area contributed by atoms with Crippen LogP contribution in [0.3, 0.4) is 0 Å². The number of benzene rings is 2. The van der Waals surface area contributed by atoms with Crippen LogP contribution in [0.25, 0.3) is 0 Å². The van der Waals surface area contributed by atoms with Crippen LogP contribution in [0.2, 0.25) is 0 Å². The normalized spacial score (nSPS) is 14.5. The molecule has 0 aliphatic carbocycles. The number of sulfone groups is 1. The number of anilines is 1. The van der Waals surface area contributed by atoms with E-state index in [0.29, 0.717) is 16.8 Å². The van der Waals surface area contributed by atoms with Crippen LogP contribution in [0, 0.1) is 0 Å². The number of rotatable bonds is 5. The van der Waals surface area contributed by atoms with Gasteiger partial charge in [0.2, 0.25) is 0 Å². The lowest BCUT2D eigenvalue weighted by Gasteiger charge is -2.27. The Morgan fingerprint density at radius 1 is 0.964 bits per heavy atom. The average Bonchev–Trinajstić information content (AvgIpc) is 2.74. The molecule has 0 aromatic heterocycles. The van der Waals surface area contributed by atoms with Gasteiger partial charge in [0, 0.05) is 18.7 Å². The highest BCUT2D eigenvalue weighted by atomic mass is 32.2. The Morgan fingerprint density at radius 2 is 1.61 bits per heavy atom. The Kier molecular flexibility index (Phi) is 6.14. The van der Waals surface area contributed by atoms with Gasteiger partial charge >= 0.3 is 0 Å². The van der Waals surface area contributed by atoms with Crippen molar-refractivity contribution in [2.45, 2.75) is 31.1 Å². The first kappa shape index (κ1) is 20.1. The molecule has 0 bridgehead atoms. The van der Waals surface area contributed by atoms with Gasteiger partial charge < -0.3 is 10.2 Å². The number of piperidine rings is 1. The Morgan fingerprint density at radius 3 is 2.25 bits per heavy atom. The number of hydrogen-bond donors (Lipinski definition) is 1. The molecule has 1 N–H and O–H groups in total. The second-order valence-corrected chi connectivity index (χ2v) is 9.06. The third kappa shape index (κ3) is 4.42. The predicted molar refractivity (Wildman–Crippen MR) is 108 cm³/mol. The van der Waals surface area contributed by atoms with E-state index in [2.05, 4.69) is 5.32 Å². The number of nitrogens with zero attached hydrogens (tertiary/aromatic N) is 1. The molecule has 3 rings (SSSR count). The molecule has 0 saturated carbocycles. The van der Waals surface area contributed by atoms with Crippen LogP contribution in [0.5, 0.6) is 0 Å². The Balaban J connectivity index is 1.78. The Hall–Kier alpha value is -2.67. The maximum Gasteiger partial charge on any atom is 0.255 e. The molecule has 0 atom stereocenters. The van der Waals surface area contributed by atoms with Crippen molar-refractivity contribution in [3.05, 3.63) is 59.7 Å². The van der Waals surface area contributed by atoms with Crippen molar-refractivity contribution in [3.8, 4) is 0 Å².